The predicted molar refractivity (Wildman–Crippen MR) is 102 cm³/mol. The second-order valence-electron chi connectivity index (χ2n) is 7.25. The standard InChI is InChI=1S/C20H24N2O5/c1-20(2,3)15-6-10-18(11-7-15)27-13-17(23)12-21-19(24)14-4-8-16(9-5-14)22(25)26/h4-11,17,23H,12-13H2,1-3H3,(H,21,24)/t17-/m1/s1. The van der Waals surface area contributed by atoms with Gasteiger partial charge in [0.1, 0.15) is 18.5 Å². The van der Waals surface area contributed by atoms with E-state index in [-0.39, 0.29) is 29.8 Å². The van der Waals surface area contributed by atoms with E-state index in [1.807, 2.05) is 24.3 Å². The number of hydrogen-bond donors (Lipinski definition) is 2. The lowest BCUT2D eigenvalue weighted by atomic mass is 9.87. The molecule has 0 bridgehead atoms. The number of benzene rings is 2. The van der Waals surface area contributed by atoms with Crippen LogP contribution in [0, 0.1) is 10.1 Å². The van der Waals surface area contributed by atoms with Crippen molar-refractivity contribution >= 4 is 11.6 Å². The highest BCUT2D eigenvalue weighted by molar-refractivity contribution is 5.94. The zero-order chi connectivity index (χ0) is 20.0. The molecule has 0 saturated carbocycles. The number of nitrogens with zero attached hydrogens (tertiary/aromatic N) is 1. The van der Waals surface area contributed by atoms with Gasteiger partial charge in [0.25, 0.3) is 11.6 Å². The van der Waals surface area contributed by atoms with Crippen LogP contribution in [0.4, 0.5) is 5.69 Å². The molecule has 0 aliphatic carbocycles. The molecule has 7 nitrogen and oxygen atoms in total. The monoisotopic (exact) mass is 372 g/mol. The molecule has 2 aromatic rings. The molecule has 0 aliphatic rings. The van der Waals surface area contributed by atoms with Gasteiger partial charge < -0.3 is 15.2 Å². The Kier molecular flexibility index (Phi) is 6.52. The fourth-order valence-corrected chi connectivity index (χ4v) is 2.35. The summed E-state index contributed by atoms with van der Waals surface area (Å²) in [6.45, 7) is 6.42. The van der Waals surface area contributed by atoms with Gasteiger partial charge in [0, 0.05) is 24.2 Å². The summed E-state index contributed by atoms with van der Waals surface area (Å²) in [6, 6.07) is 12.9. The van der Waals surface area contributed by atoms with Crippen molar-refractivity contribution in [3.8, 4) is 5.75 Å². The molecule has 2 N–H and O–H groups in total. The van der Waals surface area contributed by atoms with Gasteiger partial charge in [-0.1, -0.05) is 32.9 Å². The first-order valence-electron chi connectivity index (χ1n) is 8.61. The van der Waals surface area contributed by atoms with E-state index in [0.29, 0.717) is 5.75 Å². The number of carbonyl (C=O) groups excluding carboxylic acids is 1. The van der Waals surface area contributed by atoms with E-state index in [4.69, 9.17) is 4.74 Å². The van der Waals surface area contributed by atoms with Crippen molar-refractivity contribution in [1.82, 2.24) is 5.32 Å². The highest BCUT2D eigenvalue weighted by Crippen LogP contribution is 2.24. The van der Waals surface area contributed by atoms with Crippen LogP contribution in [0.2, 0.25) is 0 Å². The van der Waals surface area contributed by atoms with Crippen LogP contribution in [-0.4, -0.2) is 35.2 Å². The minimum atomic E-state index is -0.880. The van der Waals surface area contributed by atoms with Crippen molar-refractivity contribution in [3.05, 3.63) is 69.8 Å². The third-order valence-corrected chi connectivity index (χ3v) is 4.00. The molecule has 0 unspecified atom stereocenters. The molecule has 0 radical (unpaired) electrons. The summed E-state index contributed by atoms with van der Waals surface area (Å²) < 4.78 is 5.54. The lowest BCUT2D eigenvalue weighted by Crippen LogP contribution is -2.35. The smallest absolute Gasteiger partial charge is 0.269 e. The Hall–Kier alpha value is -2.93. The summed E-state index contributed by atoms with van der Waals surface area (Å²) in [5.41, 5.74) is 1.44. The quantitative estimate of drug-likeness (QED) is 0.574. The van der Waals surface area contributed by atoms with Gasteiger partial charge in [0.05, 0.1) is 4.92 Å². The Morgan fingerprint density at radius 2 is 1.74 bits per heavy atom. The van der Waals surface area contributed by atoms with Crippen molar-refractivity contribution in [3.63, 3.8) is 0 Å². The molecule has 0 saturated heterocycles. The van der Waals surface area contributed by atoms with Gasteiger partial charge in [0.2, 0.25) is 0 Å². The van der Waals surface area contributed by atoms with Crippen LogP contribution in [0.1, 0.15) is 36.7 Å². The summed E-state index contributed by atoms with van der Waals surface area (Å²) in [4.78, 5) is 22.1. The molecule has 7 heteroatoms. The number of nitro benzene ring substituents is 1. The second kappa shape index (κ2) is 8.64. The van der Waals surface area contributed by atoms with Crippen LogP contribution in [0.25, 0.3) is 0 Å². The Morgan fingerprint density at radius 3 is 2.26 bits per heavy atom. The van der Waals surface area contributed by atoms with Gasteiger partial charge in [-0.25, -0.2) is 0 Å². The van der Waals surface area contributed by atoms with Gasteiger partial charge in [0.15, 0.2) is 0 Å². The number of rotatable bonds is 7. The highest BCUT2D eigenvalue weighted by atomic mass is 16.6. The number of hydrogen-bond acceptors (Lipinski definition) is 5. The third kappa shape index (κ3) is 6.07. The molecular formula is C20H24N2O5. The van der Waals surface area contributed by atoms with E-state index in [2.05, 4.69) is 26.1 Å². The van der Waals surface area contributed by atoms with E-state index in [1.165, 1.54) is 29.8 Å². The third-order valence-electron chi connectivity index (χ3n) is 4.00. The maximum absolute atomic E-state index is 12.0. The summed E-state index contributed by atoms with van der Waals surface area (Å²) in [6.07, 6.45) is -0.880. The molecular weight excluding hydrogens is 348 g/mol. The number of carbonyl (C=O) groups is 1. The van der Waals surface area contributed by atoms with E-state index in [1.54, 1.807) is 0 Å². The van der Waals surface area contributed by atoms with Crippen molar-refractivity contribution in [2.24, 2.45) is 0 Å². The number of amides is 1. The van der Waals surface area contributed by atoms with Gasteiger partial charge in [-0.3, -0.25) is 14.9 Å². The molecule has 0 aromatic heterocycles. The van der Waals surface area contributed by atoms with Gasteiger partial charge in [-0.15, -0.1) is 0 Å². The topological polar surface area (TPSA) is 102 Å². The minimum absolute atomic E-state index is 0.00982. The van der Waals surface area contributed by atoms with Gasteiger partial charge in [-0.05, 0) is 35.2 Å². The Bertz CT molecular complexity index is 780. The van der Waals surface area contributed by atoms with Crippen LogP contribution in [0.5, 0.6) is 5.75 Å². The zero-order valence-corrected chi connectivity index (χ0v) is 15.6. The predicted octanol–water partition coefficient (Wildman–Crippen LogP) is 3.06. The van der Waals surface area contributed by atoms with Crippen LogP contribution in [-0.2, 0) is 5.41 Å². The van der Waals surface area contributed by atoms with Crippen LogP contribution < -0.4 is 10.1 Å². The fraction of sp³-hybridized carbons (Fsp3) is 0.350. The first kappa shape index (κ1) is 20.4. The van der Waals surface area contributed by atoms with Crippen LogP contribution >= 0.6 is 0 Å². The zero-order valence-electron chi connectivity index (χ0n) is 15.6. The molecule has 1 atom stereocenters. The van der Waals surface area contributed by atoms with E-state index in [0.717, 1.165) is 0 Å². The number of aliphatic hydroxyl groups is 1. The van der Waals surface area contributed by atoms with Crippen molar-refractivity contribution in [2.45, 2.75) is 32.3 Å². The second-order valence-corrected chi connectivity index (χ2v) is 7.25. The van der Waals surface area contributed by atoms with E-state index >= 15 is 0 Å². The van der Waals surface area contributed by atoms with Gasteiger partial charge in [-0.2, -0.15) is 0 Å². The molecule has 0 heterocycles. The molecule has 2 rings (SSSR count). The number of aliphatic hydroxyl groups excluding tert-OH is 1. The Labute approximate surface area is 158 Å². The Morgan fingerprint density at radius 1 is 1.15 bits per heavy atom. The summed E-state index contributed by atoms with van der Waals surface area (Å²) >= 11 is 0. The number of ether oxygens (including phenoxy) is 1. The van der Waals surface area contributed by atoms with Crippen molar-refractivity contribution < 1.29 is 19.6 Å². The first-order chi connectivity index (χ1) is 12.7. The van der Waals surface area contributed by atoms with Crippen molar-refractivity contribution in [1.29, 1.82) is 0 Å². The molecule has 0 fully saturated rings. The molecule has 1 amide bonds. The van der Waals surface area contributed by atoms with Crippen LogP contribution in [0.15, 0.2) is 48.5 Å². The normalized spacial score (nSPS) is 12.3. The lowest BCUT2D eigenvalue weighted by Gasteiger charge is -2.19. The average molecular weight is 372 g/mol. The summed E-state index contributed by atoms with van der Waals surface area (Å²) in [5, 5.41) is 23.2. The van der Waals surface area contributed by atoms with Gasteiger partial charge >= 0.3 is 0 Å². The van der Waals surface area contributed by atoms with Crippen molar-refractivity contribution in [2.75, 3.05) is 13.2 Å². The minimum Gasteiger partial charge on any atom is -0.491 e. The summed E-state index contributed by atoms with van der Waals surface area (Å²) in [5.74, 6) is 0.224. The van der Waals surface area contributed by atoms with E-state index in [9.17, 15) is 20.0 Å². The summed E-state index contributed by atoms with van der Waals surface area (Å²) in [7, 11) is 0. The molecule has 0 spiro atoms. The van der Waals surface area contributed by atoms with E-state index < -0.39 is 16.9 Å². The molecule has 2 aromatic carbocycles. The fourth-order valence-electron chi connectivity index (χ4n) is 2.35. The average Bonchev–Trinajstić information content (AvgIpc) is 2.64. The number of non-ortho nitro benzene ring substituents is 1. The number of nitro groups is 1. The molecule has 144 valence electrons. The molecule has 0 aliphatic heterocycles. The highest BCUT2D eigenvalue weighted by Gasteiger charge is 2.14. The maximum Gasteiger partial charge on any atom is 0.269 e. The lowest BCUT2D eigenvalue weighted by molar-refractivity contribution is -0.384. The Balaban J connectivity index is 1.79. The first-order valence-corrected chi connectivity index (χ1v) is 8.61. The maximum atomic E-state index is 12.0. The van der Waals surface area contributed by atoms with Crippen LogP contribution in [0.3, 0.4) is 0 Å². The number of nitrogens with one attached hydrogen (secondary N) is 1. The SMILES string of the molecule is CC(C)(C)c1ccc(OC[C@H](O)CNC(=O)c2ccc([N+](=O)[O-])cc2)cc1. The largest absolute Gasteiger partial charge is 0.491 e. The molecule has 27 heavy (non-hydrogen) atoms.